The first-order valence-corrected chi connectivity index (χ1v) is 6.45. The molecular formula is C12H24N2O2. The van der Waals surface area contributed by atoms with Crippen molar-refractivity contribution >= 4 is 0 Å². The monoisotopic (exact) mass is 228 g/mol. The van der Waals surface area contributed by atoms with Crippen molar-refractivity contribution in [3.05, 3.63) is 0 Å². The first-order chi connectivity index (χ1) is 7.66. The maximum Gasteiger partial charge on any atom is 0.0938 e. The van der Waals surface area contributed by atoms with Crippen molar-refractivity contribution in [2.24, 2.45) is 0 Å². The van der Waals surface area contributed by atoms with E-state index in [2.05, 4.69) is 16.8 Å². The van der Waals surface area contributed by atoms with E-state index in [-0.39, 0.29) is 0 Å². The summed E-state index contributed by atoms with van der Waals surface area (Å²) >= 11 is 0. The summed E-state index contributed by atoms with van der Waals surface area (Å²) in [6.45, 7) is 3.49. The van der Waals surface area contributed by atoms with Gasteiger partial charge in [0.1, 0.15) is 0 Å². The van der Waals surface area contributed by atoms with Crippen molar-refractivity contribution in [3.63, 3.8) is 0 Å². The molecule has 2 heterocycles. The van der Waals surface area contributed by atoms with Crippen molar-refractivity contribution in [1.82, 2.24) is 9.80 Å². The molecule has 94 valence electrons. The van der Waals surface area contributed by atoms with Gasteiger partial charge in [0.05, 0.1) is 12.2 Å². The van der Waals surface area contributed by atoms with Crippen molar-refractivity contribution in [1.29, 1.82) is 0 Å². The third-order valence-corrected chi connectivity index (χ3v) is 4.03. The molecule has 16 heavy (non-hydrogen) atoms. The van der Waals surface area contributed by atoms with Crippen molar-refractivity contribution in [2.45, 2.75) is 43.9 Å². The van der Waals surface area contributed by atoms with Crippen LogP contribution >= 0.6 is 0 Å². The Morgan fingerprint density at radius 2 is 1.81 bits per heavy atom. The lowest BCUT2D eigenvalue weighted by Crippen LogP contribution is -2.38. The summed E-state index contributed by atoms with van der Waals surface area (Å²) in [5, 5.41) is 18.9. The molecule has 2 N–H and O–H groups in total. The summed E-state index contributed by atoms with van der Waals surface area (Å²) in [5.74, 6) is 0. The second-order valence-electron chi connectivity index (χ2n) is 5.31. The van der Waals surface area contributed by atoms with E-state index >= 15 is 0 Å². The molecule has 0 aromatic heterocycles. The number of nitrogens with zero attached hydrogens (tertiary/aromatic N) is 2. The molecular weight excluding hydrogens is 204 g/mol. The molecule has 2 aliphatic rings. The normalized spacial score (nSPS) is 38.1. The lowest BCUT2D eigenvalue weighted by atomic mass is 10.00. The minimum absolute atomic E-state index is 0.538. The van der Waals surface area contributed by atoms with Crippen LogP contribution in [0.25, 0.3) is 0 Å². The van der Waals surface area contributed by atoms with Crippen molar-refractivity contribution in [3.8, 4) is 0 Å². The number of hydrogen-bond donors (Lipinski definition) is 2. The van der Waals surface area contributed by atoms with Crippen LogP contribution in [0.15, 0.2) is 0 Å². The van der Waals surface area contributed by atoms with Gasteiger partial charge in [0.2, 0.25) is 0 Å². The van der Waals surface area contributed by atoms with Crippen LogP contribution in [0, 0.1) is 0 Å². The molecule has 2 aliphatic heterocycles. The van der Waals surface area contributed by atoms with Crippen LogP contribution < -0.4 is 0 Å². The third-order valence-electron chi connectivity index (χ3n) is 4.03. The second-order valence-corrected chi connectivity index (χ2v) is 5.31. The average molecular weight is 228 g/mol. The molecule has 0 radical (unpaired) electrons. The van der Waals surface area contributed by atoms with Crippen LogP contribution in [0.3, 0.4) is 0 Å². The highest BCUT2D eigenvalue weighted by molar-refractivity contribution is 4.84. The smallest absolute Gasteiger partial charge is 0.0938 e. The molecule has 0 aromatic rings. The Kier molecular flexibility index (Phi) is 4.19. The summed E-state index contributed by atoms with van der Waals surface area (Å²) in [6.07, 6.45) is 4.06. The van der Waals surface area contributed by atoms with Gasteiger partial charge in [-0.3, -0.25) is 4.90 Å². The molecule has 0 aliphatic carbocycles. The maximum absolute atomic E-state index is 9.45. The summed E-state index contributed by atoms with van der Waals surface area (Å²) < 4.78 is 0. The Hall–Kier alpha value is -0.160. The number of piperidine rings is 1. The van der Waals surface area contributed by atoms with E-state index in [9.17, 15) is 10.2 Å². The molecule has 0 spiro atoms. The molecule has 2 rings (SSSR count). The van der Waals surface area contributed by atoms with E-state index in [1.165, 1.54) is 25.8 Å². The quantitative estimate of drug-likeness (QED) is 0.708. The zero-order valence-corrected chi connectivity index (χ0v) is 10.2. The number of aliphatic hydroxyl groups is 2. The Labute approximate surface area is 97.9 Å². The molecule has 3 atom stereocenters. The van der Waals surface area contributed by atoms with E-state index in [0.717, 1.165) is 13.0 Å². The van der Waals surface area contributed by atoms with Gasteiger partial charge in [0, 0.05) is 19.1 Å². The van der Waals surface area contributed by atoms with Crippen LogP contribution in [-0.4, -0.2) is 71.5 Å². The topological polar surface area (TPSA) is 46.9 Å². The van der Waals surface area contributed by atoms with E-state index in [1.807, 2.05) is 0 Å². The fourth-order valence-corrected chi connectivity index (χ4v) is 2.87. The zero-order valence-electron chi connectivity index (χ0n) is 10.2. The summed E-state index contributed by atoms with van der Waals surface area (Å²) in [7, 11) is 2.21. The highest BCUT2D eigenvalue weighted by atomic mass is 16.3. The highest BCUT2D eigenvalue weighted by Gasteiger charge is 2.30. The Bertz CT molecular complexity index is 215. The number of hydrogen-bond acceptors (Lipinski definition) is 4. The van der Waals surface area contributed by atoms with Gasteiger partial charge in [-0.1, -0.05) is 6.42 Å². The van der Waals surface area contributed by atoms with Crippen LogP contribution in [0.5, 0.6) is 0 Å². The largest absolute Gasteiger partial charge is 0.389 e. The fraction of sp³-hybridized carbons (Fsp3) is 1.00. The fourth-order valence-electron chi connectivity index (χ4n) is 2.87. The zero-order chi connectivity index (χ0) is 11.5. The SMILES string of the molecule is CN1CCCCC1CCN1C[C@@H](O)[C@@H](O)C1. The maximum atomic E-state index is 9.45. The number of β-amino-alcohol motifs (C(OH)–C–C–N with tert-alkyl or cyclic N) is 2. The van der Waals surface area contributed by atoms with Crippen molar-refractivity contribution in [2.75, 3.05) is 33.2 Å². The highest BCUT2D eigenvalue weighted by Crippen LogP contribution is 2.19. The van der Waals surface area contributed by atoms with Crippen molar-refractivity contribution < 1.29 is 10.2 Å². The molecule has 1 unspecified atom stereocenters. The molecule has 0 amide bonds. The van der Waals surface area contributed by atoms with Gasteiger partial charge >= 0.3 is 0 Å². The van der Waals surface area contributed by atoms with Gasteiger partial charge in [-0.25, -0.2) is 0 Å². The van der Waals surface area contributed by atoms with Gasteiger partial charge < -0.3 is 15.1 Å². The first kappa shape index (κ1) is 12.3. The lowest BCUT2D eigenvalue weighted by Gasteiger charge is -2.33. The summed E-state index contributed by atoms with van der Waals surface area (Å²) in [6, 6.07) is 0.698. The van der Waals surface area contributed by atoms with Gasteiger partial charge in [-0.2, -0.15) is 0 Å². The molecule has 0 saturated carbocycles. The van der Waals surface area contributed by atoms with Gasteiger partial charge in [-0.05, 0) is 39.4 Å². The first-order valence-electron chi connectivity index (χ1n) is 6.45. The van der Waals surface area contributed by atoms with Crippen LogP contribution in [0.4, 0.5) is 0 Å². The van der Waals surface area contributed by atoms with E-state index < -0.39 is 12.2 Å². The standard InChI is InChI=1S/C12H24N2O2/c1-13-6-3-2-4-10(13)5-7-14-8-11(15)12(16)9-14/h10-12,15-16H,2-9H2,1H3/t10?,11-,12+. The van der Waals surface area contributed by atoms with E-state index in [1.54, 1.807) is 0 Å². The molecule has 0 bridgehead atoms. The van der Waals surface area contributed by atoms with Gasteiger partial charge in [0.15, 0.2) is 0 Å². The van der Waals surface area contributed by atoms with E-state index in [4.69, 9.17) is 0 Å². The Morgan fingerprint density at radius 1 is 1.12 bits per heavy atom. The predicted molar refractivity (Wildman–Crippen MR) is 63.3 cm³/mol. The minimum Gasteiger partial charge on any atom is -0.389 e. The molecule has 2 saturated heterocycles. The van der Waals surface area contributed by atoms with E-state index in [0.29, 0.717) is 19.1 Å². The lowest BCUT2D eigenvalue weighted by molar-refractivity contribution is 0.0572. The number of aliphatic hydroxyl groups excluding tert-OH is 2. The molecule has 4 heteroatoms. The Morgan fingerprint density at radius 3 is 2.44 bits per heavy atom. The van der Waals surface area contributed by atoms with Crippen LogP contribution in [0.1, 0.15) is 25.7 Å². The van der Waals surface area contributed by atoms with Crippen LogP contribution in [0.2, 0.25) is 0 Å². The number of rotatable bonds is 3. The average Bonchev–Trinajstić information content (AvgIpc) is 2.57. The minimum atomic E-state index is -0.538. The predicted octanol–water partition coefficient (Wildman–Crippen LogP) is -0.102. The molecule has 4 nitrogen and oxygen atoms in total. The summed E-state index contributed by atoms with van der Waals surface area (Å²) in [4.78, 5) is 4.63. The summed E-state index contributed by atoms with van der Waals surface area (Å²) in [5.41, 5.74) is 0. The Balaban J connectivity index is 1.71. The van der Waals surface area contributed by atoms with Gasteiger partial charge in [-0.15, -0.1) is 0 Å². The molecule has 2 fully saturated rings. The second kappa shape index (κ2) is 5.45. The molecule has 0 aromatic carbocycles. The third kappa shape index (κ3) is 2.94. The van der Waals surface area contributed by atoms with Crippen LogP contribution in [-0.2, 0) is 0 Å². The number of likely N-dealkylation sites (tertiary alicyclic amines) is 2. The van der Waals surface area contributed by atoms with Gasteiger partial charge in [0.25, 0.3) is 0 Å².